The van der Waals surface area contributed by atoms with E-state index in [1.807, 2.05) is 45.0 Å². The minimum absolute atomic E-state index is 0.455. The summed E-state index contributed by atoms with van der Waals surface area (Å²) in [6.45, 7) is 5.96. The topological polar surface area (TPSA) is 77.8 Å². The largest absolute Gasteiger partial charge is 0.399 e. The fourth-order valence-electron chi connectivity index (χ4n) is 2.25. The number of anilines is 1. The van der Waals surface area contributed by atoms with Crippen molar-refractivity contribution in [1.82, 2.24) is 15.1 Å². The van der Waals surface area contributed by atoms with Gasteiger partial charge >= 0.3 is 0 Å². The first-order valence-corrected chi connectivity index (χ1v) is 6.68. The molecule has 2 aromatic heterocycles. The number of hydrogen-bond acceptors (Lipinski definition) is 5. The first-order valence-electron chi connectivity index (χ1n) is 6.68. The highest BCUT2D eigenvalue weighted by molar-refractivity contribution is 5.66. The van der Waals surface area contributed by atoms with Gasteiger partial charge < -0.3 is 10.3 Å². The molecule has 0 aliphatic rings. The van der Waals surface area contributed by atoms with E-state index < -0.39 is 0 Å². The lowest BCUT2D eigenvalue weighted by Gasteiger charge is -2.02. The lowest BCUT2D eigenvalue weighted by Crippen LogP contribution is -1.92. The van der Waals surface area contributed by atoms with E-state index in [0.717, 1.165) is 27.9 Å². The predicted molar refractivity (Wildman–Crippen MR) is 81.6 cm³/mol. The van der Waals surface area contributed by atoms with Crippen LogP contribution in [0.15, 0.2) is 35.0 Å². The maximum atomic E-state index is 5.82. The van der Waals surface area contributed by atoms with E-state index in [1.54, 1.807) is 6.20 Å². The van der Waals surface area contributed by atoms with Gasteiger partial charge in [0.15, 0.2) is 0 Å². The van der Waals surface area contributed by atoms with Crippen molar-refractivity contribution in [2.45, 2.75) is 20.8 Å². The highest BCUT2D eigenvalue weighted by Crippen LogP contribution is 2.27. The van der Waals surface area contributed by atoms with Gasteiger partial charge in [-0.05, 0) is 49.6 Å². The second-order valence-electron chi connectivity index (χ2n) is 5.18. The number of pyridine rings is 1. The van der Waals surface area contributed by atoms with Crippen LogP contribution in [0.2, 0.25) is 0 Å². The number of hydrogen-bond donors (Lipinski definition) is 1. The van der Waals surface area contributed by atoms with Crippen LogP contribution in [0.1, 0.15) is 16.7 Å². The minimum Gasteiger partial charge on any atom is -0.399 e. The molecule has 0 saturated heterocycles. The Morgan fingerprint density at radius 1 is 1.05 bits per heavy atom. The Labute approximate surface area is 122 Å². The summed E-state index contributed by atoms with van der Waals surface area (Å²) in [4.78, 5) is 8.83. The van der Waals surface area contributed by atoms with Crippen LogP contribution >= 0.6 is 0 Å². The Balaban J connectivity index is 2.06. The molecule has 2 heterocycles. The lowest BCUT2D eigenvalue weighted by molar-refractivity contribution is 0.432. The van der Waals surface area contributed by atoms with Crippen LogP contribution in [0, 0.1) is 20.8 Å². The summed E-state index contributed by atoms with van der Waals surface area (Å²) in [5.74, 6) is 0.945. The second-order valence-corrected chi connectivity index (χ2v) is 5.18. The highest BCUT2D eigenvalue weighted by atomic mass is 16.5. The number of nitrogens with zero attached hydrogens (tertiary/aromatic N) is 3. The molecule has 106 valence electrons. The van der Waals surface area contributed by atoms with Crippen molar-refractivity contribution in [3.05, 3.63) is 47.2 Å². The fraction of sp³-hybridized carbons (Fsp3) is 0.188. The lowest BCUT2D eigenvalue weighted by atomic mass is 10.1. The number of rotatable bonds is 2. The standard InChI is InChI=1S/C16H16N4O/c1-9-6-11(3)14(18-8-9)15-19-16(21-20-15)13-7-12(17)5-4-10(13)2/h4-8H,17H2,1-3H3. The SMILES string of the molecule is Cc1cnc(-c2noc(-c3cc(N)ccc3C)n2)c(C)c1. The summed E-state index contributed by atoms with van der Waals surface area (Å²) in [5, 5.41) is 4.03. The zero-order chi connectivity index (χ0) is 15.0. The maximum absolute atomic E-state index is 5.82. The van der Waals surface area contributed by atoms with Crippen LogP contribution in [0.25, 0.3) is 23.0 Å². The first kappa shape index (κ1) is 13.3. The molecule has 0 saturated carbocycles. The van der Waals surface area contributed by atoms with Gasteiger partial charge in [-0.3, -0.25) is 4.98 Å². The van der Waals surface area contributed by atoms with Gasteiger partial charge in [-0.2, -0.15) is 4.98 Å². The molecular formula is C16H16N4O. The molecule has 0 fully saturated rings. The van der Waals surface area contributed by atoms with Crippen LogP contribution in [0.5, 0.6) is 0 Å². The van der Waals surface area contributed by atoms with E-state index in [2.05, 4.69) is 15.1 Å². The van der Waals surface area contributed by atoms with E-state index in [0.29, 0.717) is 17.4 Å². The van der Waals surface area contributed by atoms with E-state index in [9.17, 15) is 0 Å². The summed E-state index contributed by atoms with van der Waals surface area (Å²) < 4.78 is 5.37. The van der Waals surface area contributed by atoms with Crippen molar-refractivity contribution in [1.29, 1.82) is 0 Å². The molecule has 0 aliphatic carbocycles. The Hall–Kier alpha value is -2.69. The molecule has 3 rings (SSSR count). The number of nitrogens with two attached hydrogens (primary N) is 1. The molecule has 0 unspecified atom stereocenters. The third kappa shape index (κ3) is 2.50. The van der Waals surface area contributed by atoms with Crippen molar-refractivity contribution >= 4 is 5.69 Å². The minimum atomic E-state index is 0.455. The summed E-state index contributed by atoms with van der Waals surface area (Å²) >= 11 is 0. The van der Waals surface area contributed by atoms with Crippen molar-refractivity contribution in [3.8, 4) is 23.0 Å². The fourth-order valence-corrected chi connectivity index (χ4v) is 2.25. The summed E-state index contributed by atoms with van der Waals surface area (Å²) in [7, 11) is 0. The summed E-state index contributed by atoms with van der Waals surface area (Å²) in [6.07, 6.45) is 1.80. The molecular weight excluding hydrogens is 264 g/mol. The normalized spacial score (nSPS) is 10.8. The van der Waals surface area contributed by atoms with Gasteiger partial charge in [0.05, 0.1) is 0 Å². The molecule has 2 N–H and O–H groups in total. The molecule has 5 nitrogen and oxygen atoms in total. The average Bonchev–Trinajstić information content (AvgIpc) is 2.91. The maximum Gasteiger partial charge on any atom is 0.258 e. The molecule has 5 heteroatoms. The van der Waals surface area contributed by atoms with E-state index in [-0.39, 0.29) is 0 Å². The molecule has 3 aromatic rings. The zero-order valence-electron chi connectivity index (χ0n) is 12.2. The van der Waals surface area contributed by atoms with Gasteiger partial charge in [0.2, 0.25) is 5.82 Å². The highest BCUT2D eigenvalue weighted by Gasteiger charge is 2.15. The molecule has 0 bridgehead atoms. The van der Waals surface area contributed by atoms with Gasteiger partial charge in [0.25, 0.3) is 5.89 Å². The van der Waals surface area contributed by atoms with Crippen molar-refractivity contribution in [2.24, 2.45) is 0 Å². The van der Waals surface area contributed by atoms with Crippen LogP contribution in [-0.2, 0) is 0 Å². The number of benzene rings is 1. The van der Waals surface area contributed by atoms with E-state index in [1.165, 1.54) is 0 Å². The summed E-state index contributed by atoms with van der Waals surface area (Å²) in [5.41, 5.74) is 11.2. The number of aryl methyl sites for hydroxylation is 3. The Morgan fingerprint density at radius 2 is 1.86 bits per heavy atom. The van der Waals surface area contributed by atoms with Crippen LogP contribution in [0.3, 0.4) is 0 Å². The molecule has 0 atom stereocenters. The molecule has 0 spiro atoms. The second kappa shape index (κ2) is 5.01. The average molecular weight is 280 g/mol. The molecule has 0 aliphatic heterocycles. The molecule has 0 radical (unpaired) electrons. The zero-order valence-corrected chi connectivity index (χ0v) is 12.2. The summed E-state index contributed by atoms with van der Waals surface area (Å²) in [6, 6.07) is 7.66. The third-order valence-corrected chi connectivity index (χ3v) is 3.34. The van der Waals surface area contributed by atoms with Gasteiger partial charge in [-0.25, -0.2) is 0 Å². The third-order valence-electron chi connectivity index (χ3n) is 3.34. The van der Waals surface area contributed by atoms with Crippen molar-refractivity contribution < 1.29 is 4.52 Å². The van der Waals surface area contributed by atoms with Crippen LogP contribution in [0.4, 0.5) is 5.69 Å². The Bertz CT molecular complexity index is 808. The first-order chi connectivity index (χ1) is 10.0. The molecule has 1 aromatic carbocycles. The van der Waals surface area contributed by atoms with Gasteiger partial charge in [0.1, 0.15) is 5.69 Å². The van der Waals surface area contributed by atoms with Gasteiger partial charge in [-0.1, -0.05) is 17.3 Å². The molecule has 21 heavy (non-hydrogen) atoms. The van der Waals surface area contributed by atoms with Crippen LogP contribution in [-0.4, -0.2) is 15.1 Å². The predicted octanol–water partition coefficient (Wildman–Crippen LogP) is 3.31. The Kier molecular flexibility index (Phi) is 3.17. The molecule has 0 amide bonds. The van der Waals surface area contributed by atoms with Crippen LogP contribution < -0.4 is 5.73 Å². The van der Waals surface area contributed by atoms with Gasteiger partial charge in [0, 0.05) is 17.4 Å². The quantitative estimate of drug-likeness (QED) is 0.729. The van der Waals surface area contributed by atoms with E-state index >= 15 is 0 Å². The van der Waals surface area contributed by atoms with Gasteiger partial charge in [-0.15, -0.1) is 0 Å². The monoisotopic (exact) mass is 280 g/mol. The number of aromatic nitrogens is 3. The Morgan fingerprint density at radius 3 is 2.62 bits per heavy atom. The van der Waals surface area contributed by atoms with Crippen molar-refractivity contribution in [3.63, 3.8) is 0 Å². The number of nitrogen functional groups attached to an aromatic ring is 1. The smallest absolute Gasteiger partial charge is 0.258 e. The van der Waals surface area contributed by atoms with E-state index in [4.69, 9.17) is 10.3 Å². The van der Waals surface area contributed by atoms with Crippen molar-refractivity contribution in [2.75, 3.05) is 5.73 Å².